The Bertz CT molecular complexity index is 1260. The lowest BCUT2D eigenvalue weighted by Crippen LogP contribution is -1.97. The monoisotopic (exact) mass is 620 g/mol. The molecule has 0 nitrogen and oxygen atoms in total. The highest BCUT2D eigenvalue weighted by Gasteiger charge is 2.23. The van der Waals surface area contributed by atoms with Gasteiger partial charge in [-0.1, -0.05) is 63.7 Å². The van der Waals surface area contributed by atoms with E-state index in [1.807, 2.05) is 0 Å². The van der Waals surface area contributed by atoms with Crippen molar-refractivity contribution >= 4 is 107 Å². The van der Waals surface area contributed by atoms with Crippen LogP contribution in [0.5, 0.6) is 0 Å². The molecule has 4 heteroatoms. The van der Waals surface area contributed by atoms with Crippen molar-refractivity contribution in [3.63, 3.8) is 0 Å². The second-order valence-corrected chi connectivity index (χ2v) is 11.1. The average Bonchev–Trinajstić information content (AvgIpc) is 2.58. The number of aryl methyl sites for hydroxylation is 4. The van der Waals surface area contributed by atoms with Gasteiger partial charge < -0.3 is 0 Å². The first kappa shape index (κ1) is 19.3. The number of fused-ring (bicyclic) bond motifs is 2. The summed E-state index contributed by atoms with van der Waals surface area (Å²) >= 11 is 15.3. The number of hydrogen-bond donors (Lipinski definition) is 0. The molecule has 28 heavy (non-hydrogen) atoms. The fraction of sp³-hybridized carbons (Fsp3) is 0.167. The van der Waals surface area contributed by atoms with E-state index in [4.69, 9.17) is 0 Å². The maximum Gasteiger partial charge on any atom is 0.0268 e. The summed E-state index contributed by atoms with van der Waals surface area (Å²) in [5, 5.41) is 10.6. The quantitative estimate of drug-likeness (QED) is 0.119. The lowest BCUT2D eigenvalue weighted by Gasteiger charge is -2.23. The molecule has 5 aromatic carbocycles. The molecule has 0 aliphatic heterocycles. The molecule has 5 aromatic rings. The zero-order valence-electron chi connectivity index (χ0n) is 15.8. The standard InChI is InChI=1S/C24H16Br4/c1-9-5-13(25)21-14(26)7-11(3)19-20-12(4)8-16(28)22-15(27)6-10(2)18(24(20)22)17(9)23(19)21/h5-8H,1-4H3. The summed E-state index contributed by atoms with van der Waals surface area (Å²) in [6, 6.07) is 9.02. The van der Waals surface area contributed by atoms with Crippen LogP contribution in [0, 0.1) is 27.7 Å². The third-order valence-electron chi connectivity index (χ3n) is 5.91. The molecule has 0 fully saturated rings. The summed E-state index contributed by atoms with van der Waals surface area (Å²) < 4.78 is 4.56. The van der Waals surface area contributed by atoms with E-state index < -0.39 is 0 Å². The Hall–Kier alpha value is -0.680. The highest BCUT2D eigenvalue weighted by Crippen LogP contribution is 2.50. The maximum atomic E-state index is 3.84. The van der Waals surface area contributed by atoms with Gasteiger partial charge in [-0.25, -0.2) is 0 Å². The van der Waals surface area contributed by atoms with Crippen molar-refractivity contribution in [2.45, 2.75) is 27.7 Å². The molecule has 0 unspecified atom stereocenters. The molecule has 0 spiro atoms. The van der Waals surface area contributed by atoms with Crippen LogP contribution in [0.1, 0.15) is 22.3 Å². The third kappa shape index (κ3) is 2.38. The first-order valence-electron chi connectivity index (χ1n) is 9.07. The van der Waals surface area contributed by atoms with Crippen LogP contribution in [0.3, 0.4) is 0 Å². The van der Waals surface area contributed by atoms with Gasteiger partial charge in [-0.15, -0.1) is 0 Å². The van der Waals surface area contributed by atoms with Crippen LogP contribution in [-0.2, 0) is 0 Å². The SMILES string of the molecule is Cc1cc(Br)c2c(Br)cc(C)c3c4c(C)cc(Br)c5c(Br)cc(C)c(c1c23)c54. The fourth-order valence-electron chi connectivity index (χ4n) is 4.87. The third-order valence-corrected chi connectivity index (χ3v) is 8.41. The van der Waals surface area contributed by atoms with Gasteiger partial charge in [-0.2, -0.15) is 0 Å². The van der Waals surface area contributed by atoms with Gasteiger partial charge in [0.1, 0.15) is 0 Å². The van der Waals surface area contributed by atoms with Crippen LogP contribution in [0.25, 0.3) is 43.1 Å². The van der Waals surface area contributed by atoms with Gasteiger partial charge in [-0.3, -0.25) is 0 Å². The Morgan fingerprint density at radius 2 is 0.571 bits per heavy atom. The smallest absolute Gasteiger partial charge is 0.0268 e. The predicted octanol–water partition coefficient (Wildman–Crippen LogP) is 10.0. The van der Waals surface area contributed by atoms with E-state index >= 15 is 0 Å². The van der Waals surface area contributed by atoms with Crippen LogP contribution in [-0.4, -0.2) is 0 Å². The van der Waals surface area contributed by atoms with Gasteiger partial charge in [0.15, 0.2) is 0 Å². The van der Waals surface area contributed by atoms with Crippen molar-refractivity contribution in [2.24, 2.45) is 0 Å². The zero-order valence-corrected chi connectivity index (χ0v) is 22.2. The minimum absolute atomic E-state index is 1.14. The molecule has 140 valence electrons. The molecule has 0 saturated heterocycles. The van der Waals surface area contributed by atoms with E-state index in [0.717, 1.165) is 17.9 Å². The molecule has 0 N–H and O–H groups in total. The first-order chi connectivity index (χ1) is 13.2. The predicted molar refractivity (Wildman–Crippen MR) is 137 cm³/mol. The van der Waals surface area contributed by atoms with Crippen molar-refractivity contribution in [3.05, 3.63) is 64.4 Å². The van der Waals surface area contributed by atoms with Gasteiger partial charge in [0.25, 0.3) is 0 Å². The molecule has 0 saturated carbocycles. The average molecular weight is 624 g/mol. The number of hydrogen-bond acceptors (Lipinski definition) is 0. The topological polar surface area (TPSA) is 0 Å². The van der Waals surface area contributed by atoms with Crippen LogP contribution < -0.4 is 0 Å². The second-order valence-electron chi connectivity index (χ2n) is 7.70. The summed E-state index contributed by atoms with van der Waals surface area (Å²) in [6.45, 7) is 8.90. The summed E-state index contributed by atoms with van der Waals surface area (Å²) in [5.74, 6) is 0. The molecule has 0 aromatic heterocycles. The summed E-state index contributed by atoms with van der Waals surface area (Å²) in [7, 11) is 0. The normalized spacial score (nSPS) is 12.3. The maximum absolute atomic E-state index is 3.84. The van der Waals surface area contributed by atoms with Crippen molar-refractivity contribution < 1.29 is 0 Å². The van der Waals surface area contributed by atoms with Crippen molar-refractivity contribution in [2.75, 3.05) is 0 Å². The van der Waals surface area contributed by atoms with Crippen molar-refractivity contribution in [1.29, 1.82) is 0 Å². The molecule has 0 bridgehead atoms. The van der Waals surface area contributed by atoms with E-state index in [1.54, 1.807) is 0 Å². The second kappa shape index (κ2) is 6.41. The van der Waals surface area contributed by atoms with Gasteiger partial charge in [-0.05, 0) is 95.8 Å². The summed E-state index contributed by atoms with van der Waals surface area (Å²) in [4.78, 5) is 0. The van der Waals surface area contributed by atoms with E-state index in [1.165, 1.54) is 65.3 Å². The van der Waals surface area contributed by atoms with Crippen molar-refractivity contribution in [1.82, 2.24) is 0 Å². The highest BCUT2D eigenvalue weighted by molar-refractivity contribution is 9.11. The fourth-order valence-corrected chi connectivity index (χ4v) is 8.42. The van der Waals surface area contributed by atoms with E-state index in [9.17, 15) is 0 Å². The van der Waals surface area contributed by atoms with E-state index in [2.05, 4.69) is 116 Å². The molecule has 0 atom stereocenters. The van der Waals surface area contributed by atoms with Crippen molar-refractivity contribution in [3.8, 4) is 0 Å². The Balaban J connectivity index is 2.38. The minimum Gasteiger partial charge on any atom is -0.0501 e. The van der Waals surface area contributed by atoms with E-state index in [-0.39, 0.29) is 0 Å². The molecule has 0 radical (unpaired) electrons. The molecular weight excluding hydrogens is 608 g/mol. The van der Waals surface area contributed by atoms with Crippen LogP contribution >= 0.6 is 63.7 Å². The lowest BCUT2D eigenvalue weighted by atomic mass is 9.83. The largest absolute Gasteiger partial charge is 0.0501 e. The number of rotatable bonds is 0. The Morgan fingerprint density at radius 1 is 0.357 bits per heavy atom. The van der Waals surface area contributed by atoms with Gasteiger partial charge in [0, 0.05) is 39.4 Å². The van der Waals surface area contributed by atoms with Crippen LogP contribution in [0.2, 0.25) is 0 Å². The van der Waals surface area contributed by atoms with Gasteiger partial charge in [0.05, 0.1) is 0 Å². The molecule has 5 rings (SSSR count). The summed E-state index contributed by atoms with van der Waals surface area (Å²) in [6.07, 6.45) is 0. The molecule has 0 aliphatic carbocycles. The zero-order chi connectivity index (χ0) is 20.1. The summed E-state index contributed by atoms with van der Waals surface area (Å²) in [5.41, 5.74) is 5.20. The Kier molecular flexibility index (Phi) is 4.41. The van der Waals surface area contributed by atoms with Crippen LogP contribution in [0.15, 0.2) is 42.2 Å². The Morgan fingerprint density at radius 3 is 0.786 bits per heavy atom. The van der Waals surface area contributed by atoms with Gasteiger partial charge >= 0.3 is 0 Å². The van der Waals surface area contributed by atoms with E-state index in [0.29, 0.717) is 0 Å². The highest BCUT2D eigenvalue weighted by atomic mass is 79.9. The minimum atomic E-state index is 1.14. The Labute approximate surface area is 197 Å². The number of benzene rings is 5. The molecule has 0 aliphatic rings. The number of halogens is 4. The van der Waals surface area contributed by atoms with Gasteiger partial charge in [0.2, 0.25) is 0 Å². The van der Waals surface area contributed by atoms with Crippen LogP contribution in [0.4, 0.5) is 0 Å². The molecular formula is C24H16Br4. The molecule has 0 amide bonds. The lowest BCUT2D eigenvalue weighted by molar-refractivity contribution is 1.47. The molecule has 0 heterocycles. The first-order valence-corrected chi connectivity index (χ1v) is 12.2.